The summed E-state index contributed by atoms with van der Waals surface area (Å²) in [5, 5.41) is 11.6. The molecule has 0 saturated heterocycles. The van der Waals surface area contributed by atoms with Gasteiger partial charge in [0.05, 0.1) is 17.3 Å². The number of anilines is 1. The highest BCUT2D eigenvalue weighted by atomic mass is 16.5. The number of nitrogens with two attached hydrogens (primary N) is 1. The van der Waals surface area contributed by atoms with E-state index in [1.54, 1.807) is 19.1 Å². The normalized spacial score (nSPS) is 11.8. The van der Waals surface area contributed by atoms with Gasteiger partial charge in [-0.2, -0.15) is 5.26 Å². The number of amides is 1. The summed E-state index contributed by atoms with van der Waals surface area (Å²) < 4.78 is 5.52. The summed E-state index contributed by atoms with van der Waals surface area (Å²) in [5.74, 6) is 0.783. The topological polar surface area (TPSA) is 88.1 Å². The molecule has 5 heteroatoms. The van der Waals surface area contributed by atoms with Gasteiger partial charge in [-0.3, -0.25) is 4.79 Å². The van der Waals surface area contributed by atoms with Crippen LogP contribution in [0.15, 0.2) is 18.2 Å². The Labute approximate surface area is 119 Å². The highest BCUT2D eigenvalue weighted by Gasteiger charge is 2.15. The molecule has 1 rings (SSSR count). The van der Waals surface area contributed by atoms with E-state index in [1.807, 2.05) is 6.07 Å². The zero-order valence-corrected chi connectivity index (χ0v) is 12.1. The number of benzene rings is 1. The van der Waals surface area contributed by atoms with E-state index in [9.17, 15) is 4.79 Å². The van der Waals surface area contributed by atoms with Crippen LogP contribution in [0.3, 0.4) is 0 Å². The quantitative estimate of drug-likeness (QED) is 0.778. The number of nitriles is 1. The fourth-order valence-electron chi connectivity index (χ4n) is 1.60. The van der Waals surface area contributed by atoms with E-state index in [4.69, 9.17) is 15.7 Å². The molecule has 0 aromatic heterocycles. The van der Waals surface area contributed by atoms with Crippen molar-refractivity contribution in [3.63, 3.8) is 0 Å². The third kappa shape index (κ3) is 4.81. The maximum Gasteiger partial charge on any atom is 0.260 e. The van der Waals surface area contributed by atoms with E-state index in [0.717, 1.165) is 6.42 Å². The van der Waals surface area contributed by atoms with E-state index in [0.29, 0.717) is 29.5 Å². The van der Waals surface area contributed by atoms with Crippen molar-refractivity contribution in [2.45, 2.75) is 33.3 Å². The number of hydrogen-bond acceptors (Lipinski definition) is 4. The first-order valence-corrected chi connectivity index (χ1v) is 6.68. The largest absolute Gasteiger partial charge is 0.479 e. The Kier molecular flexibility index (Phi) is 5.85. The van der Waals surface area contributed by atoms with Crippen LogP contribution in [0.5, 0.6) is 5.75 Å². The van der Waals surface area contributed by atoms with Crippen molar-refractivity contribution in [2.75, 3.05) is 12.3 Å². The van der Waals surface area contributed by atoms with E-state index < -0.39 is 6.10 Å². The molecule has 1 atom stereocenters. The van der Waals surface area contributed by atoms with Gasteiger partial charge in [-0.05, 0) is 37.5 Å². The number of nitrogens with one attached hydrogen (secondary N) is 1. The van der Waals surface area contributed by atoms with E-state index in [2.05, 4.69) is 19.2 Å². The first kappa shape index (κ1) is 15.8. The molecule has 1 aromatic carbocycles. The van der Waals surface area contributed by atoms with Crippen LogP contribution in [0.2, 0.25) is 0 Å². The van der Waals surface area contributed by atoms with Crippen LogP contribution in [0, 0.1) is 17.2 Å². The van der Waals surface area contributed by atoms with Crippen molar-refractivity contribution in [1.82, 2.24) is 5.32 Å². The number of rotatable bonds is 6. The van der Waals surface area contributed by atoms with Crippen molar-refractivity contribution < 1.29 is 9.53 Å². The van der Waals surface area contributed by atoms with Crippen LogP contribution in [0.1, 0.15) is 32.8 Å². The van der Waals surface area contributed by atoms with Gasteiger partial charge in [0, 0.05) is 6.54 Å². The maximum atomic E-state index is 11.8. The highest BCUT2D eigenvalue weighted by molar-refractivity contribution is 5.80. The van der Waals surface area contributed by atoms with Gasteiger partial charge in [0.15, 0.2) is 6.10 Å². The second-order valence-electron chi connectivity index (χ2n) is 5.10. The Morgan fingerprint density at radius 3 is 2.70 bits per heavy atom. The molecule has 0 fully saturated rings. The van der Waals surface area contributed by atoms with Crippen molar-refractivity contribution in [3.05, 3.63) is 23.8 Å². The molecular weight excluding hydrogens is 254 g/mol. The van der Waals surface area contributed by atoms with Crippen molar-refractivity contribution in [3.8, 4) is 11.8 Å². The Bertz CT molecular complexity index is 506. The van der Waals surface area contributed by atoms with Crippen LogP contribution >= 0.6 is 0 Å². The summed E-state index contributed by atoms with van der Waals surface area (Å²) in [4.78, 5) is 11.8. The second kappa shape index (κ2) is 7.39. The van der Waals surface area contributed by atoms with Gasteiger partial charge in [0.2, 0.25) is 0 Å². The predicted molar refractivity (Wildman–Crippen MR) is 78.1 cm³/mol. The molecule has 3 N–H and O–H groups in total. The van der Waals surface area contributed by atoms with Gasteiger partial charge in [-0.15, -0.1) is 0 Å². The average molecular weight is 275 g/mol. The number of ether oxygens (including phenoxy) is 1. The monoisotopic (exact) mass is 275 g/mol. The summed E-state index contributed by atoms with van der Waals surface area (Å²) in [6.45, 7) is 6.50. The maximum absolute atomic E-state index is 11.8. The zero-order valence-electron chi connectivity index (χ0n) is 12.1. The molecular formula is C15H21N3O2. The fourth-order valence-corrected chi connectivity index (χ4v) is 1.60. The molecule has 0 radical (unpaired) electrons. The number of nitrogen functional groups attached to an aromatic ring is 1. The Morgan fingerprint density at radius 1 is 1.45 bits per heavy atom. The first-order valence-electron chi connectivity index (χ1n) is 6.68. The molecule has 1 aromatic rings. The molecule has 108 valence electrons. The minimum Gasteiger partial charge on any atom is -0.479 e. The lowest BCUT2D eigenvalue weighted by molar-refractivity contribution is -0.127. The molecule has 0 aliphatic rings. The third-order valence-corrected chi connectivity index (χ3v) is 2.83. The Balaban J connectivity index is 2.55. The van der Waals surface area contributed by atoms with Crippen molar-refractivity contribution in [1.29, 1.82) is 5.26 Å². The summed E-state index contributed by atoms with van der Waals surface area (Å²) in [7, 11) is 0. The van der Waals surface area contributed by atoms with Crippen molar-refractivity contribution in [2.24, 2.45) is 5.92 Å². The van der Waals surface area contributed by atoms with Crippen LogP contribution in [0.25, 0.3) is 0 Å². The molecule has 0 saturated carbocycles. The number of nitrogens with zero attached hydrogens (tertiary/aromatic N) is 1. The minimum absolute atomic E-state index is 0.172. The van der Waals surface area contributed by atoms with Gasteiger partial charge in [0.25, 0.3) is 5.91 Å². The molecule has 0 heterocycles. The fraction of sp³-hybridized carbons (Fsp3) is 0.467. The van der Waals surface area contributed by atoms with Gasteiger partial charge < -0.3 is 15.8 Å². The van der Waals surface area contributed by atoms with Crippen LogP contribution in [0.4, 0.5) is 5.69 Å². The summed E-state index contributed by atoms with van der Waals surface area (Å²) in [5.41, 5.74) is 6.59. The highest BCUT2D eigenvalue weighted by Crippen LogP contribution is 2.23. The molecule has 1 unspecified atom stereocenters. The summed E-state index contributed by atoms with van der Waals surface area (Å²) in [6.07, 6.45) is 0.301. The van der Waals surface area contributed by atoms with Gasteiger partial charge >= 0.3 is 0 Å². The van der Waals surface area contributed by atoms with Gasteiger partial charge in [-0.25, -0.2) is 0 Å². The molecule has 1 amide bonds. The van der Waals surface area contributed by atoms with Gasteiger partial charge in [-0.1, -0.05) is 13.8 Å². The Hall–Kier alpha value is -2.22. The van der Waals surface area contributed by atoms with Crippen LogP contribution in [-0.2, 0) is 4.79 Å². The molecule has 0 aliphatic carbocycles. The molecule has 0 spiro atoms. The number of carbonyl (C=O) groups is 1. The van der Waals surface area contributed by atoms with Crippen molar-refractivity contribution >= 4 is 11.6 Å². The lowest BCUT2D eigenvalue weighted by Crippen LogP contribution is -2.37. The third-order valence-electron chi connectivity index (χ3n) is 2.83. The molecule has 5 nitrogen and oxygen atoms in total. The second-order valence-corrected chi connectivity index (χ2v) is 5.10. The molecule has 0 aliphatic heterocycles. The van der Waals surface area contributed by atoms with E-state index in [-0.39, 0.29) is 5.91 Å². The average Bonchev–Trinajstić information content (AvgIpc) is 2.40. The minimum atomic E-state index is -0.627. The van der Waals surface area contributed by atoms with E-state index in [1.165, 1.54) is 6.07 Å². The number of carbonyl (C=O) groups excluding carboxylic acids is 1. The lowest BCUT2D eigenvalue weighted by Gasteiger charge is -2.16. The predicted octanol–water partition coefficient (Wildman–Crippen LogP) is 2.07. The smallest absolute Gasteiger partial charge is 0.260 e. The summed E-state index contributed by atoms with van der Waals surface area (Å²) >= 11 is 0. The standard InChI is InChI=1S/C15H21N3O2/c1-10(2)6-7-18-15(19)11(3)20-14-5-4-12(9-16)8-13(14)17/h4-5,8,10-11H,6-7,17H2,1-3H3,(H,18,19). The summed E-state index contributed by atoms with van der Waals surface area (Å²) in [6, 6.07) is 6.73. The van der Waals surface area contributed by atoms with Crippen LogP contribution < -0.4 is 15.8 Å². The first-order chi connectivity index (χ1) is 9.43. The molecule has 20 heavy (non-hydrogen) atoms. The SMILES string of the molecule is CC(C)CCNC(=O)C(C)Oc1ccc(C#N)cc1N. The molecule has 0 bridgehead atoms. The lowest BCUT2D eigenvalue weighted by atomic mass is 10.1. The van der Waals surface area contributed by atoms with E-state index >= 15 is 0 Å². The van der Waals surface area contributed by atoms with Crippen LogP contribution in [-0.4, -0.2) is 18.6 Å². The Morgan fingerprint density at radius 2 is 2.15 bits per heavy atom. The van der Waals surface area contributed by atoms with Gasteiger partial charge in [0.1, 0.15) is 5.75 Å². The number of hydrogen-bond donors (Lipinski definition) is 2. The zero-order chi connectivity index (χ0) is 15.1.